The van der Waals surface area contributed by atoms with E-state index in [-0.39, 0.29) is 24.0 Å². The summed E-state index contributed by atoms with van der Waals surface area (Å²) >= 11 is 0. The van der Waals surface area contributed by atoms with E-state index in [1.165, 1.54) is 6.92 Å². The molecule has 0 radical (unpaired) electrons. The number of hydrogen-bond donors (Lipinski definition) is 0. The first kappa shape index (κ1) is 20.7. The van der Waals surface area contributed by atoms with Crippen LogP contribution in [-0.2, 0) is 16.8 Å². The molecule has 0 aliphatic rings. The maximum atomic E-state index is 14.0. The number of rotatable bonds is 3. The Labute approximate surface area is 155 Å². The monoisotopic (exact) mass is 427 g/mol. The zero-order valence-electron chi connectivity index (χ0n) is 14.2. The molecule has 0 spiro atoms. The minimum absolute atomic E-state index is 0.0497. The lowest BCUT2D eigenvalue weighted by Gasteiger charge is -2.22. The topological polar surface area (TPSA) is 56.5 Å². The Bertz CT molecular complexity index is 1100. The van der Waals surface area contributed by atoms with Crippen LogP contribution in [0, 0.1) is 0 Å². The predicted octanol–water partition coefficient (Wildman–Crippen LogP) is 4.73. The number of imidazole rings is 1. The molecule has 5 nitrogen and oxygen atoms in total. The molecule has 0 bridgehead atoms. The largest absolute Gasteiger partial charge is 0.461 e. The summed E-state index contributed by atoms with van der Waals surface area (Å²) < 4.78 is 111. The van der Waals surface area contributed by atoms with Gasteiger partial charge in [-0.1, -0.05) is 0 Å². The number of aromatic nitrogens is 3. The number of nitrogens with zero attached hydrogens (tertiary/aromatic N) is 3. The summed E-state index contributed by atoms with van der Waals surface area (Å²) in [5, 5.41) is -0.888. The number of esters is 1. The molecule has 29 heavy (non-hydrogen) atoms. The lowest BCUT2D eigenvalue weighted by molar-refractivity contribution is -0.288. The van der Waals surface area contributed by atoms with Gasteiger partial charge in [0, 0.05) is 17.1 Å². The van der Waals surface area contributed by atoms with Gasteiger partial charge in [-0.05, 0) is 25.1 Å². The number of pyridine rings is 2. The first-order chi connectivity index (χ1) is 13.3. The van der Waals surface area contributed by atoms with Crippen LogP contribution in [0.3, 0.4) is 0 Å². The van der Waals surface area contributed by atoms with Gasteiger partial charge < -0.3 is 4.74 Å². The number of halogens is 8. The van der Waals surface area contributed by atoms with Crippen LogP contribution < -0.4 is 0 Å². The van der Waals surface area contributed by atoms with Gasteiger partial charge in [0.05, 0.1) is 6.61 Å². The molecule has 0 saturated heterocycles. The number of carbonyl (C=O) groups excluding carboxylic acids is 1. The number of alkyl halides is 8. The summed E-state index contributed by atoms with van der Waals surface area (Å²) in [5.41, 5.74) is -5.34. The molecule has 156 valence electrons. The van der Waals surface area contributed by atoms with E-state index < -0.39 is 46.5 Å². The van der Waals surface area contributed by atoms with Crippen molar-refractivity contribution in [1.82, 2.24) is 14.4 Å². The Morgan fingerprint density at radius 2 is 1.72 bits per heavy atom. The molecule has 0 aliphatic carbocycles. The van der Waals surface area contributed by atoms with Crippen molar-refractivity contribution in [3.63, 3.8) is 0 Å². The number of fused-ring (bicyclic) bond motifs is 3. The third-order valence-corrected chi connectivity index (χ3v) is 3.87. The van der Waals surface area contributed by atoms with E-state index in [0.717, 1.165) is 18.3 Å². The van der Waals surface area contributed by atoms with E-state index in [1.54, 1.807) is 0 Å². The van der Waals surface area contributed by atoms with Crippen molar-refractivity contribution in [2.75, 3.05) is 6.61 Å². The third kappa shape index (κ3) is 3.44. The maximum absolute atomic E-state index is 14.0. The van der Waals surface area contributed by atoms with E-state index >= 15 is 0 Å². The van der Waals surface area contributed by atoms with E-state index in [9.17, 15) is 39.9 Å². The Hall–Kier alpha value is -2.99. The van der Waals surface area contributed by atoms with E-state index in [2.05, 4.69) is 14.7 Å². The van der Waals surface area contributed by atoms with Crippen LogP contribution in [0.2, 0.25) is 0 Å². The van der Waals surface area contributed by atoms with Crippen molar-refractivity contribution in [3.8, 4) is 0 Å². The van der Waals surface area contributed by atoms with Crippen LogP contribution in [0.5, 0.6) is 0 Å². The third-order valence-electron chi connectivity index (χ3n) is 3.87. The normalized spacial score (nSPS) is 13.3. The van der Waals surface area contributed by atoms with Gasteiger partial charge in [0.25, 0.3) is 0 Å². The highest BCUT2D eigenvalue weighted by molar-refractivity contribution is 5.90. The SMILES string of the molecule is CCOC(=O)c1cn2c(ccc3c(C(F)(F)C(F)(F)F)cc(C(F)(F)F)nc32)n1. The molecule has 3 aromatic rings. The molecule has 0 fully saturated rings. The minimum atomic E-state index is -6.15. The lowest BCUT2D eigenvalue weighted by atomic mass is 10.0. The first-order valence-corrected chi connectivity index (χ1v) is 7.79. The Morgan fingerprint density at radius 1 is 1.07 bits per heavy atom. The second kappa shape index (κ2) is 6.52. The molecule has 3 heterocycles. The second-order valence-corrected chi connectivity index (χ2v) is 5.77. The highest BCUT2D eigenvalue weighted by Gasteiger charge is 2.60. The van der Waals surface area contributed by atoms with E-state index in [1.807, 2.05) is 0 Å². The molecular weight excluding hydrogens is 418 g/mol. The van der Waals surface area contributed by atoms with Crippen LogP contribution in [0.25, 0.3) is 16.7 Å². The zero-order valence-corrected chi connectivity index (χ0v) is 14.2. The Kier molecular flexibility index (Phi) is 4.67. The van der Waals surface area contributed by atoms with Crippen molar-refractivity contribution in [3.05, 3.63) is 41.3 Å². The minimum Gasteiger partial charge on any atom is -0.461 e. The molecular formula is C16H9F8N3O2. The highest BCUT2D eigenvalue weighted by atomic mass is 19.4. The zero-order chi connectivity index (χ0) is 21.8. The van der Waals surface area contributed by atoms with Gasteiger partial charge >= 0.3 is 24.2 Å². The van der Waals surface area contributed by atoms with Crippen LogP contribution in [0.15, 0.2) is 24.4 Å². The number of ether oxygens (including phenoxy) is 1. The molecule has 0 N–H and O–H groups in total. The van der Waals surface area contributed by atoms with E-state index in [0.29, 0.717) is 4.40 Å². The number of carbonyl (C=O) groups is 1. The van der Waals surface area contributed by atoms with Crippen molar-refractivity contribution < 1.29 is 44.7 Å². The number of hydrogen-bond acceptors (Lipinski definition) is 4. The molecule has 3 rings (SSSR count). The smallest absolute Gasteiger partial charge is 0.458 e. The highest BCUT2D eigenvalue weighted by Crippen LogP contribution is 2.47. The van der Waals surface area contributed by atoms with E-state index in [4.69, 9.17) is 0 Å². The van der Waals surface area contributed by atoms with Crippen LogP contribution >= 0.6 is 0 Å². The average molecular weight is 427 g/mol. The fraction of sp³-hybridized carbons (Fsp3) is 0.312. The van der Waals surface area contributed by atoms with Gasteiger partial charge in [-0.15, -0.1) is 0 Å². The quantitative estimate of drug-likeness (QED) is 0.448. The summed E-state index contributed by atoms with van der Waals surface area (Å²) in [7, 11) is 0. The molecule has 0 unspecified atom stereocenters. The predicted molar refractivity (Wildman–Crippen MR) is 81.4 cm³/mol. The lowest BCUT2D eigenvalue weighted by Crippen LogP contribution is -2.34. The second-order valence-electron chi connectivity index (χ2n) is 5.77. The Balaban J connectivity index is 2.40. The van der Waals surface area contributed by atoms with Gasteiger partial charge in [0.2, 0.25) is 0 Å². The van der Waals surface area contributed by atoms with Crippen molar-refractivity contribution in [1.29, 1.82) is 0 Å². The van der Waals surface area contributed by atoms with Gasteiger partial charge in [0.15, 0.2) is 5.69 Å². The Morgan fingerprint density at radius 3 is 2.28 bits per heavy atom. The molecule has 13 heteroatoms. The molecule has 0 aromatic carbocycles. The summed E-state index contributed by atoms with van der Waals surface area (Å²) in [6, 6.07) is 1.36. The van der Waals surface area contributed by atoms with Crippen molar-refractivity contribution in [2.45, 2.75) is 25.2 Å². The van der Waals surface area contributed by atoms with Crippen molar-refractivity contribution in [2.24, 2.45) is 0 Å². The fourth-order valence-electron chi connectivity index (χ4n) is 2.59. The van der Waals surface area contributed by atoms with Crippen molar-refractivity contribution >= 4 is 22.6 Å². The van der Waals surface area contributed by atoms with Crippen LogP contribution in [0.1, 0.15) is 28.7 Å². The molecule has 0 atom stereocenters. The fourth-order valence-corrected chi connectivity index (χ4v) is 2.59. The van der Waals surface area contributed by atoms with Crippen LogP contribution in [0.4, 0.5) is 35.1 Å². The summed E-state index contributed by atoms with van der Waals surface area (Å²) in [6.45, 7) is 1.43. The molecule has 0 amide bonds. The average Bonchev–Trinajstić information content (AvgIpc) is 3.04. The van der Waals surface area contributed by atoms with Gasteiger partial charge in [-0.3, -0.25) is 4.40 Å². The summed E-state index contributed by atoms with van der Waals surface area (Å²) in [5.74, 6) is -6.55. The maximum Gasteiger partial charge on any atom is 0.458 e. The summed E-state index contributed by atoms with van der Waals surface area (Å²) in [6.07, 6.45) is -10.6. The van der Waals surface area contributed by atoms with Gasteiger partial charge in [-0.2, -0.15) is 35.1 Å². The van der Waals surface area contributed by atoms with Gasteiger partial charge in [0.1, 0.15) is 17.0 Å². The molecule has 0 saturated carbocycles. The van der Waals surface area contributed by atoms with Gasteiger partial charge in [-0.25, -0.2) is 14.8 Å². The molecule has 3 aromatic heterocycles. The van der Waals surface area contributed by atoms with Crippen LogP contribution in [-0.4, -0.2) is 33.1 Å². The summed E-state index contributed by atoms with van der Waals surface area (Å²) in [4.78, 5) is 18.7. The molecule has 0 aliphatic heterocycles. The standard InChI is InChI=1S/C16H9F8N3O2/c1-2-29-13(28)9-6-27-11(25-9)4-3-7-8(14(17,18)16(22,23)24)5-10(15(19,20)21)26-12(7)27/h3-6H,2H2,1H3. The first-order valence-electron chi connectivity index (χ1n) is 7.79.